The molecular formula is C16H16N2O4. The predicted octanol–water partition coefficient (Wildman–Crippen LogP) is 2.11. The third kappa shape index (κ3) is 3.41. The van der Waals surface area contributed by atoms with E-state index in [1.807, 2.05) is 6.07 Å². The molecular weight excluding hydrogens is 284 g/mol. The quantitative estimate of drug-likeness (QED) is 0.846. The lowest BCUT2D eigenvalue weighted by Crippen LogP contribution is -2.24. The number of aryl methyl sites for hydroxylation is 1. The third-order valence-electron chi connectivity index (χ3n) is 3.01. The first-order valence-electron chi connectivity index (χ1n) is 6.80. The van der Waals surface area contributed by atoms with Crippen LogP contribution >= 0.6 is 0 Å². The van der Waals surface area contributed by atoms with E-state index in [1.54, 1.807) is 38.1 Å². The van der Waals surface area contributed by atoms with Gasteiger partial charge in [0.1, 0.15) is 5.56 Å². The summed E-state index contributed by atoms with van der Waals surface area (Å²) >= 11 is 0. The number of amides is 1. The van der Waals surface area contributed by atoms with Crippen LogP contribution in [0.25, 0.3) is 0 Å². The summed E-state index contributed by atoms with van der Waals surface area (Å²) in [4.78, 5) is 38.3. The van der Waals surface area contributed by atoms with Gasteiger partial charge in [-0.3, -0.25) is 9.59 Å². The SMILES string of the molecule is CCOC(=O)c1cc(C(=O)Nc2ccccc2)c(C)[nH]c1=O. The van der Waals surface area contributed by atoms with E-state index >= 15 is 0 Å². The van der Waals surface area contributed by atoms with Crippen LogP contribution < -0.4 is 10.9 Å². The van der Waals surface area contributed by atoms with Crippen LogP contribution in [-0.2, 0) is 4.74 Å². The lowest BCUT2D eigenvalue weighted by atomic mass is 10.1. The Morgan fingerprint density at radius 2 is 1.86 bits per heavy atom. The normalized spacial score (nSPS) is 10.1. The number of esters is 1. The van der Waals surface area contributed by atoms with Crippen molar-refractivity contribution in [3.05, 3.63) is 63.6 Å². The molecule has 6 heteroatoms. The van der Waals surface area contributed by atoms with Gasteiger partial charge in [-0.1, -0.05) is 18.2 Å². The topological polar surface area (TPSA) is 88.3 Å². The summed E-state index contributed by atoms with van der Waals surface area (Å²) in [5.41, 5.74) is 0.451. The van der Waals surface area contributed by atoms with Crippen LogP contribution in [0.1, 0.15) is 33.3 Å². The van der Waals surface area contributed by atoms with Crippen molar-refractivity contribution >= 4 is 17.6 Å². The maximum atomic E-state index is 12.3. The van der Waals surface area contributed by atoms with Gasteiger partial charge in [-0.15, -0.1) is 0 Å². The fraction of sp³-hybridized carbons (Fsp3) is 0.188. The Labute approximate surface area is 127 Å². The van der Waals surface area contributed by atoms with Gasteiger partial charge in [0.2, 0.25) is 0 Å². The molecule has 2 N–H and O–H groups in total. The number of para-hydroxylation sites is 1. The summed E-state index contributed by atoms with van der Waals surface area (Å²) in [6.07, 6.45) is 0. The van der Waals surface area contributed by atoms with E-state index in [0.29, 0.717) is 11.4 Å². The lowest BCUT2D eigenvalue weighted by molar-refractivity contribution is 0.0524. The minimum atomic E-state index is -0.752. The standard InChI is InChI=1S/C16H16N2O4/c1-3-22-16(21)13-9-12(10(2)17-15(13)20)14(19)18-11-7-5-4-6-8-11/h4-9H,3H2,1-2H3,(H,17,20)(H,18,19). The second-order valence-electron chi connectivity index (χ2n) is 4.59. The van der Waals surface area contributed by atoms with Gasteiger partial charge in [0, 0.05) is 11.4 Å². The Morgan fingerprint density at radius 3 is 2.50 bits per heavy atom. The molecule has 0 spiro atoms. The molecule has 0 saturated carbocycles. The Kier molecular flexibility index (Phi) is 4.73. The van der Waals surface area contributed by atoms with Gasteiger partial charge < -0.3 is 15.0 Å². The highest BCUT2D eigenvalue weighted by atomic mass is 16.5. The van der Waals surface area contributed by atoms with Gasteiger partial charge in [-0.05, 0) is 32.0 Å². The highest BCUT2D eigenvalue weighted by molar-refractivity contribution is 6.06. The second kappa shape index (κ2) is 6.71. The molecule has 1 amide bonds. The number of ether oxygens (including phenoxy) is 1. The van der Waals surface area contributed by atoms with Crippen molar-refractivity contribution in [2.45, 2.75) is 13.8 Å². The van der Waals surface area contributed by atoms with Crippen molar-refractivity contribution in [3.63, 3.8) is 0 Å². The molecule has 1 aromatic carbocycles. The minimum absolute atomic E-state index is 0.150. The van der Waals surface area contributed by atoms with Crippen LogP contribution in [0.3, 0.4) is 0 Å². The zero-order chi connectivity index (χ0) is 16.1. The van der Waals surface area contributed by atoms with Gasteiger partial charge >= 0.3 is 5.97 Å². The monoisotopic (exact) mass is 300 g/mol. The van der Waals surface area contributed by atoms with Gasteiger partial charge in [-0.25, -0.2) is 4.79 Å². The molecule has 0 aliphatic rings. The molecule has 0 saturated heterocycles. The summed E-state index contributed by atoms with van der Waals surface area (Å²) in [5.74, 6) is -1.16. The first-order valence-corrected chi connectivity index (χ1v) is 6.80. The first kappa shape index (κ1) is 15.5. The number of carbonyl (C=O) groups excluding carboxylic acids is 2. The zero-order valence-corrected chi connectivity index (χ0v) is 12.3. The Balaban J connectivity index is 2.34. The maximum absolute atomic E-state index is 12.3. The Morgan fingerprint density at radius 1 is 1.18 bits per heavy atom. The highest BCUT2D eigenvalue weighted by Gasteiger charge is 2.18. The van der Waals surface area contributed by atoms with Crippen molar-refractivity contribution in [2.24, 2.45) is 0 Å². The average Bonchev–Trinajstić information content (AvgIpc) is 2.48. The molecule has 6 nitrogen and oxygen atoms in total. The van der Waals surface area contributed by atoms with Crippen LogP contribution in [-0.4, -0.2) is 23.5 Å². The first-order chi connectivity index (χ1) is 10.5. The molecule has 0 fully saturated rings. The number of nitrogens with one attached hydrogen (secondary N) is 2. The summed E-state index contributed by atoms with van der Waals surface area (Å²) in [6, 6.07) is 10.2. The van der Waals surface area contributed by atoms with E-state index in [-0.39, 0.29) is 17.7 Å². The number of aromatic amines is 1. The fourth-order valence-electron chi connectivity index (χ4n) is 1.94. The van der Waals surface area contributed by atoms with Crippen LogP contribution in [0.2, 0.25) is 0 Å². The van der Waals surface area contributed by atoms with Gasteiger partial charge in [0.25, 0.3) is 11.5 Å². The lowest BCUT2D eigenvalue weighted by Gasteiger charge is -2.09. The number of hydrogen-bond donors (Lipinski definition) is 2. The van der Waals surface area contributed by atoms with Crippen LogP contribution in [0, 0.1) is 6.92 Å². The average molecular weight is 300 g/mol. The highest BCUT2D eigenvalue weighted by Crippen LogP contribution is 2.11. The summed E-state index contributed by atoms with van der Waals surface area (Å²) in [7, 11) is 0. The van der Waals surface area contributed by atoms with Gasteiger partial charge in [0.05, 0.1) is 12.2 Å². The molecule has 114 valence electrons. The van der Waals surface area contributed by atoms with Crippen molar-refractivity contribution in [1.82, 2.24) is 4.98 Å². The fourth-order valence-corrected chi connectivity index (χ4v) is 1.94. The van der Waals surface area contributed by atoms with E-state index in [1.165, 1.54) is 6.07 Å². The maximum Gasteiger partial charge on any atom is 0.343 e. The number of H-pyrrole nitrogens is 1. The molecule has 22 heavy (non-hydrogen) atoms. The number of benzene rings is 1. The number of carbonyl (C=O) groups is 2. The van der Waals surface area contributed by atoms with Gasteiger partial charge in [-0.2, -0.15) is 0 Å². The number of pyridine rings is 1. The van der Waals surface area contributed by atoms with E-state index in [4.69, 9.17) is 4.74 Å². The smallest absolute Gasteiger partial charge is 0.343 e. The van der Waals surface area contributed by atoms with Crippen LogP contribution in [0.4, 0.5) is 5.69 Å². The van der Waals surface area contributed by atoms with Crippen molar-refractivity contribution in [3.8, 4) is 0 Å². The van der Waals surface area contributed by atoms with Crippen LogP contribution in [0.5, 0.6) is 0 Å². The molecule has 2 aromatic rings. The summed E-state index contributed by atoms with van der Waals surface area (Å²) in [5, 5.41) is 2.70. The predicted molar refractivity (Wildman–Crippen MR) is 82.2 cm³/mol. The van der Waals surface area contributed by atoms with Crippen molar-refractivity contribution < 1.29 is 14.3 Å². The number of aromatic nitrogens is 1. The summed E-state index contributed by atoms with van der Waals surface area (Å²) in [6.45, 7) is 3.39. The van der Waals surface area contributed by atoms with E-state index < -0.39 is 17.4 Å². The summed E-state index contributed by atoms with van der Waals surface area (Å²) < 4.78 is 4.81. The second-order valence-corrected chi connectivity index (χ2v) is 4.59. The molecule has 0 aliphatic heterocycles. The Hall–Kier alpha value is -2.89. The largest absolute Gasteiger partial charge is 0.462 e. The Bertz CT molecular complexity index is 750. The molecule has 0 radical (unpaired) electrons. The van der Waals surface area contributed by atoms with E-state index in [2.05, 4.69) is 10.3 Å². The third-order valence-corrected chi connectivity index (χ3v) is 3.01. The number of rotatable bonds is 4. The molecule has 2 rings (SSSR count). The number of anilines is 1. The molecule has 0 bridgehead atoms. The van der Waals surface area contributed by atoms with E-state index in [0.717, 1.165) is 0 Å². The molecule has 0 unspecified atom stereocenters. The minimum Gasteiger partial charge on any atom is -0.462 e. The zero-order valence-electron chi connectivity index (χ0n) is 12.3. The molecule has 1 heterocycles. The van der Waals surface area contributed by atoms with E-state index in [9.17, 15) is 14.4 Å². The molecule has 0 aliphatic carbocycles. The molecule has 1 aromatic heterocycles. The van der Waals surface area contributed by atoms with Crippen molar-refractivity contribution in [2.75, 3.05) is 11.9 Å². The van der Waals surface area contributed by atoms with Crippen LogP contribution in [0.15, 0.2) is 41.2 Å². The number of hydrogen-bond acceptors (Lipinski definition) is 4. The molecule has 0 atom stereocenters. The van der Waals surface area contributed by atoms with Crippen molar-refractivity contribution in [1.29, 1.82) is 0 Å². The van der Waals surface area contributed by atoms with Gasteiger partial charge in [0.15, 0.2) is 0 Å².